The summed E-state index contributed by atoms with van der Waals surface area (Å²) in [6, 6.07) is 3.32. The van der Waals surface area contributed by atoms with E-state index in [0.717, 1.165) is 12.7 Å². The van der Waals surface area contributed by atoms with E-state index in [1.165, 1.54) is 19.1 Å². The zero-order valence-electron chi connectivity index (χ0n) is 15.2. The van der Waals surface area contributed by atoms with Crippen molar-refractivity contribution in [2.45, 2.75) is 19.4 Å². The number of hydrogen-bond donors (Lipinski definition) is 1. The number of aliphatic hydroxyl groups excluding tert-OH is 1. The Morgan fingerprint density at radius 2 is 1.96 bits per heavy atom. The normalized spacial score (nSPS) is 13.3. The number of likely N-dealkylation sites (N-methyl/N-ethyl adjacent to an activating group) is 1. The highest BCUT2D eigenvalue weighted by Gasteiger charge is 2.21. The van der Waals surface area contributed by atoms with Crippen LogP contribution in [0.4, 0.5) is 0 Å². The Hall–Kier alpha value is -3.02. The highest BCUT2D eigenvalue weighted by Crippen LogP contribution is 2.33. The highest BCUT2D eigenvalue weighted by molar-refractivity contribution is 6.01. The number of aldehydes is 1. The molecule has 1 aliphatic carbocycles. The maximum absolute atomic E-state index is 12.7. The van der Waals surface area contributed by atoms with Crippen molar-refractivity contribution >= 4 is 18.0 Å². The fourth-order valence-corrected chi connectivity index (χ4v) is 2.87. The first kappa shape index (κ1) is 19.3. The molecule has 1 aliphatic rings. The van der Waals surface area contributed by atoms with Crippen molar-refractivity contribution in [3.05, 3.63) is 53.1 Å². The third-order valence-electron chi connectivity index (χ3n) is 4.26. The first-order chi connectivity index (χ1) is 12.4. The number of nitrogens with zero attached hydrogens (tertiary/aromatic N) is 1. The Balaban J connectivity index is 2.36. The van der Waals surface area contributed by atoms with Crippen LogP contribution in [-0.2, 0) is 16.1 Å². The van der Waals surface area contributed by atoms with Gasteiger partial charge in [-0.15, -0.1) is 0 Å². The van der Waals surface area contributed by atoms with Crippen LogP contribution in [0.2, 0.25) is 0 Å². The molecule has 1 aromatic rings. The minimum Gasteiger partial charge on any atom is -0.508 e. The summed E-state index contributed by atoms with van der Waals surface area (Å²) in [7, 11) is 4.65. The number of carbonyl (C=O) groups excluding carboxylic acids is 2. The molecule has 0 bridgehead atoms. The summed E-state index contributed by atoms with van der Waals surface area (Å²) in [6.07, 6.45) is 5.61. The van der Waals surface area contributed by atoms with Crippen LogP contribution >= 0.6 is 0 Å². The van der Waals surface area contributed by atoms with Gasteiger partial charge in [-0.3, -0.25) is 9.59 Å². The van der Waals surface area contributed by atoms with Crippen LogP contribution in [0.5, 0.6) is 11.5 Å². The van der Waals surface area contributed by atoms with E-state index < -0.39 is 0 Å². The Morgan fingerprint density at radius 3 is 2.54 bits per heavy atom. The maximum atomic E-state index is 12.7. The number of allylic oxidation sites excluding steroid dienone is 2. The van der Waals surface area contributed by atoms with E-state index in [4.69, 9.17) is 9.47 Å². The van der Waals surface area contributed by atoms with Crippen molar-refractivity contribution in [3.8, 4) is 11.5 Å². The zero-order chi connectivity index (χ0) is 19.3. The minimum atomic E-state index is -0.257. The van der Waals surface area contributed by atoms with Gasteiger partial charge in [-0.05, 0) is 30.5 Å². The number of carbonyl (C=O) groups is 2. The molecule has 6 nitrogen and oxygen atoms in total. The Morgan fingerprint density at radius 1 is 1.31 bits per heavy atom. The van der Waals surface area contributed by atoms with Crippen molar-refractivity contribution in [1.29, 1.82) is 0 Å². The number of benzene rings is 1. The predicted molar refractivity (Wildman–Crippen MR) is 99.1 cm³/mol. The van der Waals surface area contributed by atoms with E-state index in [2.05, 4.69) is 6.58 Å². The van der Waals surface area contributed by atoms with Crippen LogP contribution in [0.25, 0.3) is 5.76 Å². The molecule has 0 aromatic heterocycles. The second-order valence-electron chi connectivity index (χ2n) is 5.97. The number of rotatable bonds is 7. The van der Waals surface area contributed by atoms with Gasteiger partial charge in [-0.25, -0.2) is 0 Å². The summed E-state index contributed by atoms with van der Waals surface area (Å²) in [5.41, 5.74) is 2.02. The fourth-order valence-electron chi connectivity index (χ4n) is 2.87. The molecule has 0 atom stereocenters. The van der Waals surface area contributed by atoms with Gasteiger partial charge in [0.25, 0.3) is 5.91 Å². The molecular weight excluding hydrogens is 334 g/mol. The van der Waals surface area contributed by atoms with E-state index in [-0.39, 0.29) is 18.2 Å². The molecule has 0 radical (unpaired) electrons. The predicted octanol–water partition coefficient (Wildman–Crippen LogP) is 3.04. The molecule has 0 saturated carbocycles. The van der Waals surface area contributed by atoms with Crippen molar-refractivity contribution in [3.63, 3.8) is 0 Å². The van der Waals surface area contributed by atoms with Gasteiger partial charge < -0.3 is 19.5 Å². The van der Waals surface area contributed by atoms with E-state index in [1.54, 1.807) is 25.3 Å². The van der Waals surface area contributed by atoms with Crippen LogP contribution in [0.1, 0.15) is 24.0 Å². The molecule has 2 rings (SSSR count). The van der Waals surface area contributed by atoms with E-state index >= 15 is 0 Å². The van der Waals surface area contributed by atoms with Crippen LogP contribution < -0.4 is 9.47 Å². The molecule has 6 heteroatoms. The number of hydrogen-bond acceptors (Lipinski definition) is 5. The van der Waals surface area contributed by atoms with Gasteiger partial charge in [0.15, 0.2) is 11.5 Å². The summed E-state index contributed by atoms with van der Waals surface area (Å²) in [5.74, 6) is 0.551. The van der Waals surface area contributed by atoms with Gasteiger partial charge >= 0.3 is 0 Å². The number of methoxy groups -OCH3 is 2. The SMILES string of the molecule is C=C(O)c1cc(OC)c(OC)cc1CN(C)C(=O)C1=C(C=O)CCC=C1. The van der Waals surface area contributed by atoms with Crippen LogP contribution in [0.15, 0.2) is 42.0 Å². The van der Waals surface area contributed by atoms with Crippen LogP contribution in [0.3, 0.4) is 0 Å². The number of ether oxygens (including phenoxy) is 2. The van der Waals surface area contributed by atoms with Gasteiger partial charge in [-0.2, -0.15) is 0 Å². The van der Waals surface area contributed by atoms with Gasteiger partial charge in [0.2, 0.25) is 0 Å². The Labute approximate surface area is 153 Å². The van der Waals surface area contributed by atoms with Gasteiger partial charge in [0.1, 0.15) is 12.0 Å². The van der Waals surface area contributed by atoms with Crippen molar-refractivity contribution in [1.82, 2.24) is 4.90 Å². The molecule has 0 spiro atoms. The molecule has 0 unspecified atom stereocenters. The third kappa shape index (κ3) is 3.96. The van der Waals surface area contributed by atoms with Gasteiger partial charge in [0, 0.05) is 30.3 Å². The first-order valence-corrected chi connectivity index (χ1v) is 8.16. The van der Waals surface area contributed by atoms with Crippen molar-refractivity contribution < 1.29 is 24.2 Å². The zero-order valence-corrected chi connectivity index (χ0v) is 15.2. The standard InChI is InChI=1S/C20H23NO5/c1-13(23)17-10-19(26-4)18(25-3)9-15(17)11-21(2)20(24)16-8-6-5-7-14(16)12-22/h6,8-10,12,23H,1,5,7,11H2,2-4H3. The largest absolute Gasteiger partial charge is 0.508 e. The monoisotopic (exact) mass is 357 g/mol. The van der Waals surface area contributed by atoms with Gasteiger partial charge in [0.05, 0.1) is 14.2 Å². The molecule has 1 aromatic carbocycles. The molecule has 0 aliphatic heterocycles. The Kier molecular flexibility index (Phi) is 6.22. The quantitative estimate of drug-likeness (QED) is 0.600. The van der Waals surface area contributed by atoms with Crippen molar-refractivity contribution in [2.24, 2.45) is 0 Å². The summed E-state index contributed by atoms with van der Waals surface area (Å²) >= 11 is 0. The first-order valence-electron chi connectivity index (χ1n) is 8.16. The molecule has 0 saturated heterocycles. The van der Waals surface area contributed by atoms with E-state index in [1.807, 2.05) is 6.08 Å². The summed E-state index contributed by atoms with van der Waals surface area (Å²) in [4.78, 5) is 25.5. The lowest BCUT2D eigenvalue weighted by molar-refractivity contribution is -0.126. The number of amides is 1. The van der Waals surface area contributed by atoms with Gasteiger partial charge in [-0.1, -0.05) is 18.7 Å². The van der Waals surface area contributed by atoms with E-state index in [0.29, 0.717) is 40.2 Å². The average molecular weight is 357 g/mol. The second-order valence-corrected chi connectivity index (χ2v) is 5.97. The summed E-state index contributed by atoms with van der Waals surface area (Å²) in [6.45, 7) is 3.78. The number of aliphatic hydroxyl groups is 1. The topological polar surface area (TPSA) is 76.1 Å². The maximum Gasteiger partial charge on any atom is 0.254 e. The van der Waals surface area contributed by atoms with Crippen LogP contribution in [-0.4, -0.2) is 43.5 Å². The summed E-state index contributed by atoms with van der Waals surface area (Å²) in [5, 5.41) is 9.91. The third-order valence-corrected chi connectivity index (χ3v) is 4.26. The molecule has 138 valence electrons. The lowest BCUT2D eigenvalue weighted by Gasteiger charge is -2.22. The molecule has 0 heterocycles. The lowest BCUT2D eigenvalue weighted by atomic mass is 9.97. The average Bonchev–Trinajstić information content (AvgIpc) is 2.66. The smallest absolute Gasteiger partial charge is 0.254 e. The van der Waals surface area contributed by atoms with Crippen LogP contribution in [0, 0.1) is 0 Å². The lowest BCUT2D eigenvalue weighted by Crippen LogP contribution is -2.29. The molecular formula is C20H23NO5. The molecule has 1 N–H and O–H groups in total. The molecule has 0 fully saturated rings. The van der Waals surface area contributed by atoms with Crippen molar-refractivity contribution in [2.75, 3.05) is 21.3 Å². The fraction of sp³-hybridized carbons (Fsp3) is 0.300. The second kappa shape index (κ2) is 8.38. The molecule has 1 amide bonds. The summed E-state index contributed by atoms with van der Waals surface area (Å²) < 4.78 is 10.5. The Bertz CT molecular complexity index is 792. The minimum absolute atomic E-state index is 0.132. The molecule has 26 heavy (non-hydrogen) atoms. The highest BCUT2D eigenvalue weighted by atomic mass is 16.5. The van der Waals surface area contributed by atoms with E-state index in [9.17, 15) is 14.7 Å².